The van der Waals surface area contributed by atoms with Crippen LogP contribution < -0.4 is 5.32 Å². The van der Waals surface area contributed by atoms with Crippen molar-refractivity contribution >= 4 is 15.9 Å². The Morgan fingerprint density at radius 2 is 1.86 bits per heavy atom. The number of benzene rings is 1. The van der Waals surface area contributed by atoms with Crippen molar-refractivity contribution in [1.82, 2.24) is 9.62 Å². The zero-order valence-electron chi connectivity index (χ0n) is 16.3. The number of hydrogen-bond donors (Lipinski definition) is 1. The number of carbonyl (C=O) groups excluding carboxylic acids is 1. The molecule has 158 valence electrons. The van der Waals surface area contributed by atoms with Crippen molar-refractivity contribution in [2.75, 3.05) is 13.1 Å². The van der Waals surface area contributed by atoms with Crippen molar-refractivity contribution in [3.05, 3.63) is 29.3 Å². The van der Waals surface area contributed by atoms with E-state index in [9.17, 15) is 26.4 Å². The molecule has 0 saturated heterocycles. The molecule has 0 spiro atoms. The fourth-order valence-corrected chi connectivity index (χ4v) is 5.32. The predicted molar refractivity (Wildman–Crippen MR) is 101 cm³/mol. The Balaban J connectivity index is 2.21. The number of alkyl halides is 3. The Hall–Kier alpha value is -1.61. The first-order valence-corrected chi connectivity index (χ1v) is 10.9. The maximum Gasteiger partial charge on any atom is 0.391 e. The summed E-state index contributed by atoms with van der Waals surface area (Å²) in [7, 11) is -3.74. The van der Waals surface area contributed by atoms with Gasteiger partial charge in [0.2, 0.25) is 10.0 Å². The Kier molecular flexibility index (Phi) is 7.14. The molecule has 9 heteroatoms. The Bertz CT molecular complexity index is 805. The molecule has 1 saturated carbocycles. The molecule has 2 rings (SSSR count). The van der Waals surface area contributed by atoms with Crippen molar-refractivity contribution in [3.8, 4) is 0 Å². The molecule has 5 nitrogen and oxygen atoms in total. The van der Waals surface area contributed by atoms with Crippen molar-refractivity contribution in [2.45, 2.75) is 63.6 Å². The normalized spacial score (nSPS) is 21.0. The van der Waals surface area contributed by atoms with Gasteiger partial charge in [-0.3, -0.25) is 4.79 Å². The van der Waals surface area contributed by atoms with Crippen LogP contribution in [0.2, 0.25) is 0 Å². The van der Waals surface area contributed by atoms with Crippen LogP contribution in [-0.2, 0) is 10.0 Å². The lowest BCUT2D eigenvalue weighted by Crippen LogP contribution is -2.41. The van der Waals surface area contributed by atoms with Crippen molar-refractivity contribution in [2.24, 2.45) is 5.92 Å². The van der Waals surface area contributed by atoms with E-state index in [4.69, 9.17) is 0 Å². The summed E-state index contributed by atoms with van der Waals surface area (Å²) in [6.07, 6.45) is -3.46. The number of carbonyl (C=O) groups is 1. The van der Waals surface area contributed by atoms with Crippen LogP contribution in [-0.4, -0.2) is 43.9 Å². The van der Waals surface area contributed by atoms with E-state index in [1.165, 1.54) is 16.4 Å². The second-order valence-electron chi connectivity index (χ2n) is 7.15. The molecule has 0 heterocycles. The summed E-state index contributed by atoms with van der Waals surface area (Å²) >= 11 is 0. The smallest absolute Gasteiger partial charge is 0.349 e. The van der Waals surface area contributed by atoms with Crippen LogP contribution in [0.3, 0.4) is 0 Å². The zero-order valence-corrected chi connectivity index (χ0v) is 17.2. The van der Waals surface area contributed by atoms with Gasteiger partial charge in [-0.1, -0.05) is 26.3 Å². The largest absolute Gasteiger partial charge is 0.391 e. The van der Waals surface area contributed by atoms with Gasteiger partial charge in [0.25, 0.3) is 5.91 Å². The van der Waals surface area contributed by atoms with Crippen molar-refractivity contribution < 1.29 is 26.4 Å². The maximum absolute atomic E-state index is 13.0. The van der Waals surface area contributed by atoms with E-state index in [1.54, 1.807) is 26.8 Å². The summed E-state index contributed by atoms with van der Waals surface area (Å²) < 4.78 is 65.8. The molecule has 2 unspecified atom stereocenters. The van der Waals surface area contributed by atoms with Gasteiger partial charge in [-0.05, 0) is 43.9 Å². The van der Waals surface area contributed by atoms with Gasteiger partial charge in [0.05, 0.1) is 10.8 Å². The molecule has 0 aliphatic heterocycles. The van der Waals surface area contributed by atoms with Gasteiger partial charge in [-0.2, -0.15) is 17.5 Å². The van der Waals surface area contributed by atoms with E-state index in [-0.39, 0.29) is 23.3 Å². The molecule has 1 aliphatic carbocycles. The average molecular weight is 420 g/mol. The van der Waals surface area contributed by atoms with Crippen LogP contribution in [0.25, 0.3) is 0 Å². The third kappa shape index (κ3) is 5.05. The molecule has 0 aromatic heterocycles. The van der Waals surface area contributed by atoms with Crippen LogP contribution in [0.4, 0.5) is 13.2 Å². The Labute approximate surface area is 164 Å². The summed E-state index contributed by atoms with van der Waals surface area (Å²) in [4.78, 5) is 12.6. The molecule has 1 aliphatic rings. The molecule has 0 radical (unpaired) electrons. The molecule has 1 N–H and O–H groups in total. The van der Waals surface area contributed by atoms with Crippen molar-refractivity contribution in [3.63, 3.8) is 0 Å². The molecule has 28 heavy (non-hydrogen) atoms. The lowest BCUT2D eigenvalue weighted by atomic mass is 9.85. The second-order valence-corrected chi connectivity index (χ2v) is 9.05. The minimum absolute atomic E-state index is 0.0423. The van der Waals surface area contributed by atoms with Crippen LogP contribution in [0.5, 0.6) is 0 Å². The van der Waals surface area contributed by atoms with E-state index >= 15 is 0 Å². The highest BCUT2D eigenvalue weighted by Gasteiger charge is 2.42. The van der Waals surface area contributed by atoms with Gasteiger partial charge < -0.3 is 5.32 Å². The highest BCUT2D eigenvalue weighted by Crippen LogP contribution is 2.37. The number of rotatable bonds is 6. The fourth-order valence-electron chi connectivity index (χ4n) is 3.61. The first-order chi connectivity index (χ1) is 13.0. The number of sulfonamides is 1. The van der Waals surface area contributed by atoms with E-state index in [1.807, 2.05) is 0 Å². The highest BCUT2D eigenvalue weighted by atomic mass is 32.2. The molecule has 1 fully saturated rings. The zero-order chi connectivity index (χ0) is 21.1. The summed E-state index contributed by atoms with van der Waals surface area (Å²) in [6.45, 7) is 5.71. The maximum atomic E-state index is 13.0. The van der Waals surface area contributed by atoms with E-state index in [0.29, 0.717) is 31.5 Å². The van der Waals surface area contributed by atoms with Crippen LogP contribution in [0.15, 0.2) is 23.1 Å². The fraction of sp³-hybridized carbons (Fsp3) is 0.632. The Morgan fingerprint density at radius 1 is 1.21 bits per heavy atom. The molecule has 1 aromatic carbocycles. The molecule has 2 atom stereocenters. The number of nitrogens with one attached hydrogen (secondary N) is 1. The number of amides is 1. The minimum atomic E-state index is -4.27. The van der Waals surface area contributed by atoms with Crippen LogP contribution >= 0.6 is 0 Å². The van der Waals surface area contributed by atoms with Crippen molar-refractivity contribution in [1.29, 1.82) is 0 Å². The first-order valence-electron chi connectivity index (χ1n) is 9.49. The van der Waals surface area contributed by atoms with E-state index < -0.39 is 34.1 Å². The number of aryl methyl sites for hydroxylation is 1. The Morgan fingerprint density at radius 3 is 2.43 bits per heavy atom. The molecular formula is C19H27F3N2O3S. The monoisotopic (exact) mass is 420 g/mol. The van der Waals surface area contributed by atoms with Crippen LogP contribution in [0, 0.1) is 12.8 Å². The van der Waals surface area contributed by atoms with Gasteiger partial charge in [0, 0.05) is 24.7 Å². The molecule has 0 bridgehead atoms. The van der Waals surface area contributed by atoms with Gasteiger partial charge in [0.1, 0.15) is 0 Å². The second kappa shape index (κ2) is 8.82. The van der Waals surface area contributed by atoms with Crippen LogP contribution in [0.1, 0.15) is 55.5 Å². The number of hydrogen-bond acceptors (Lipinski definition) is 3. The third-order valence-electron chi connectivity index (χ3n) is 5.25. The van der Waals surface area contributed by atoms with E-state index in [2.05, 4.69) is 5.32 Å². The average Bonchev–Trinajstić information content (AvgIpc) is 2.62. The molecular weight excluding hydrogens is 393 g/mol. The SMILES string of the molecule is CCN(CC)S(=O)(=O)c1cc(C(=O)NC2CCCC(C(F)(F)F)C2)ccc1C. The third-order valence-corrected chi connectivity index (χ3v) is 7.44. The highest BCUT2D eigenvalue weighted by molar-refractivity contribution is 7.89. The summed E-state index contributed by atoms with van der Waals surface area (Å²) in [6, 6.07) is 3.78. The molecule has 1 aromatic rings. The van der Waals surface area contributed by atoms with Gasteiger partial charge in [0.15, 0.2) is 0 Å². The quantitative estimate of drug-likeness (QED) is 0.760. The minimum Gasteiger partial charge on any atom is -0.349 e. The number of nitrogens with zero attached hydrogens (tertiary/aromatic N) is 1. The number of halogens is 3. The predicted octanol–water partition coefficient (Wildman–Crippen LogP) is 3.88. The van der Waals surface area contributed by atoms with Gasteiger partial charge in [-0.15, -0.1) is 0 Å². The molecule has 1 amide bonds. The van der Waals surface area contributed by atoms with E-state index in [0.717, 1.165) is 0 Å². The van der Waals surface area contributed by atoms with Gasteiger partial charge in [-0.25, -0.2) is 8.42 Å². The first kappa shape index (κ1) is 22.7. The summed E-state index contributed by atoms with van der Waals surface area (Å²) in [5.74, 6) is -1.97. The lowest BCUT2D eigenvalue weighted by Gasteiger charge is -2.31. The van der Waals surface area contributed by atoms with Gasteiger partial charge >= 0.3 is 6.18 Å². The summed E-state index contributed by atoms with van der Waals surface area (Å²) in [5, 5.41) is 2.65. The standard InChI is InChI=1S/C19H27F3N2O3S/c1-4-24(5-2)28(26,27)17-11-14(10-9-13(17)3)18(25)23-16-8-6-7-15(12-16)19(20,21)22/h9-11,15-16H,4-8,12H2,1-3H3,(H,23,25). The topological polar surface area (TPSA) is 66.5 Å². The summed E-state index contributed by atoms with van der Waals surface area (Å²) in [5.41, 5.74) is 0.642. The lowest BCUT2D eigenvalue weighted by molar-refractivity contribution is -0.183.